The lowest BCUT2D eigenvalue weighted by Crippen LogP contribution is -2.50. The number of ether oxygens (including phenoxy) is 1. The van der Waals surface area contributed by atoms with Crippen LogP contribution in [0, 0.1) is 10.8 Å². The highest BCUT2D eigenvalue weighted by Gasteiger charge is 2.62. The highest BCUT2D eigenvalue weighted by atomic mass is 16.5. The molecule has 24 heavy (non-hydrogen) atoms. The summed E-state index contributed by atoms with van der Waals surface area (Å²) in [7, 11) is 1.45. The van der Waals surface area contributed by atoms with E-state index in [0.29, 0.717) is 12.3 Å². The quantitative estimate of drug-likeness (QED) is 0.864. The summed E-state index contributed by atoms with van der Waals surface area (Å²) in [5.41, 5.74) is 0.573. The number of hydrogen-bond donors (Lipinski definition) is 1. The highest BCUT2D eigenvalue weighted by molar-refractivity contribution is 5.88. The normalized spacial score (nSPS) is 36.9. The van der Waals surface area contributed by atoms with E-state index < -0.39 is 5.41 Å². The zero-order valence-corrected chi connectivity index (χ0v) is 14.2. The molecular formula is C20H25NO3. The lowest BCUT2D eigenvalue weighted by atomic mass is 9.74. The van der Waals surface area contributed by atoms with E-state index in [2.05, 4.69) is 29.6 Å². The molecule has 0 heterocycles. The van der Waals surface area contributed by atoms with E-state index in [9.17, 15) is 9.59 Å². The van der Waals surface area contributed by atoms with E-state index in [1.54, 1.807) is 0 Å². The molecule has 1 aromatic rings. The summed E-state index contributed by atoms with van der Waals surface area (Å²) in [5.74, 6) is 0.469. The monoisotopic (exact) mass is 327 g/mol. The first-order chi connectivity index (χ1) is 11.6. The zero-order chi connectivity index (χ0) is 16.8. The van der Waals surface area contributed by atoms with E-state index in [1.807, 2.05) is 6.07 Å². The Morgan fingerprint density at radius 2 is 1.71 bits per heavy atom. The minimum atomic E-state index is -0.398. The predicted molar refractivity (Wildman–Crippen MR) is 90.3 cm³/mol. The van der Waals surface area contributed by atoms with Gasteiger partial charge in [0, 0.05) is 12.0 Å². The van der Waals surface area contributed by atoms with Gasteiger partial charge in [-0.3, -0.25) is 9.59 Å². The third kappa shape index (κ3) is 2.27. The number of methoxy groups -OCH3 is 1. The van der Waals surface area contributed by atoms with Crippen molar-refractivity contribution >= 4 is 11.9 Å². The molecule has 3 aliphatic carbocycles. The number of carbonyl (C=O) groups excluding carboxylic acids is 2. The first-order valence-corrected chi connectivity index (χ1v) is 9.03. The summed E-state index contributed by atoms with van der Waals surface area (Å²) in [5, 5.41) is 3.31. The van der Waals surface area contributed by atoms with Crippen molar-refractivity contribution in [1.29, 1.82) is 0 Å². The fraction of sp³-hybridized carbons (Fsp3) is 0.600. The van der Waals surface area contributed by atoms with Gasteiger partial charge in [-0.2, -0.15) is 0 Å². The zero-order valence-electron chi connectivity index (χ0n) is 14.2. The average molecular weight is 327 g/mol. The van der Waals surface area contributed by atoms with Gasteiger partial charge in [0.25, 0.3) is 0 Å². The Balaban J connectivity index is 1.44. The van der Waals surface area contributed by atoms with Crippen molar-refractivity contribution in [3.05, 3.63) is 35.9 Å². The molecular weight excluding hydrogens is 302 g/mol. The molecule has 128 valence electrons. The number of nitrogens with one attached hydrogen (secondary N) is 1. The molecule has 4 rings (SSSR count). The molecule has 0 unspecified atom stereocenters. The van der Waals surface area contributed by atoms with Gasteiger partial charge >= 0.3 is 5.97 Å². The van der Waals surface area contributed by atoms with Crippen molar-refractivity contribution in [2.45, 2.75) is 56.9 Å². The molecule has 4 nitrogen and oxygen atoms in total. The van der Waals surface area contributed by atoms with Crippen LogP contribution < -0.4 is 5.32 Å². The molecule has 0 spiro atoms. The fourth-order valence-corrected chi connectivity index (χ4v) is 5.10. The van der Waals surface area contributed by atoms with Crippen molar-refractivity contribution in [3.8, 4) is 0 Å². The van der Waals surface area contributed by atoms with Crippen LogP contribution in [-0.4, -0.2) is 25.0 Å². The summed E-state index contributed by atoms with van der Waals surface area (Å²) in [6, 6.07) is 10.7. The molecule has 2 atom stereocenters. The summed E-state index contributed by atoms with van der Waals surface area (Å²) in [4.78, 5) is 25.1. The van der Waals surface area contributed by atoms with Crippen LogP contribution in [0.2, 0.25) is 0 Å². The summed E-state index contributed by atoms with van der Waals surface area (Å²) in [6.45, 7) is 0. The third-order valence-electron chi connectivity index (χ3n) is 6.76. The molecule has 2 bridgehead atoms. The smallest absolute Gasteiger partial charge is 0.311 e. The van der Waals surface area contributed by atoms with E-state index in [0.717, 1.165) is 38.5 Å². The second kappa shape index (κ2) is 5.61. The van der Waals surface area contributed by atoms with Gasteiger partial charge in [-0.05, 0) is 50.5 Å². The first kappa shape index (κ1) is 15.7. The third-order valence-corrected chi connectivity index (χ3v) is 6.76. The lowest BCUT2D eigenvalue weighted by molar-refractivity contribution is -0.152. The van der Waals surface area contributed by atoms with Crippen LogP contribution in [0.3, 0.4) is 0 Å². The van der Waals surface area contributed by atoms with E-state index in [4.69, 9.17) is 4.74 Å². The molecule has 0 aromatic heterocycles. The summed E-state index contributed by atoms with van der Waals surface area (Å²) in [6.07, 6.45) is 6.06. The Morgan fingerprint density at radius 3 is 2.29 bits per heavy atom. The van der Waals surface area contributed by atoms with E-state index >= 15 is 0 Å². The van der Waals surface area contributed by atoms with Gasteiger partial charge < -0.3 is 10.1 Å². The molecule has 1 amide bonds. The van der Waals surface area contributed by atoms with Gasteiger partial charge in [-0.25, -0.2) is 0 Å². The Morgan fingerprint density at radius 1 is 1.04 bits per heavy atom. The molecule has 0 aliphatic heterocycles. The molecule has 1 aromatic carbocycles. The predicted octanol–water partition coefficient (Wildman–Crippen LogP) is 3.17. The Labute approximate surface area is 143 Å². The van der Waals surface area contributed by atoms with Gasteiger partial charge in [0.15, 0.2) is 0 Å². The topological polar surface area (TPSA) is 55.4 Å². The van der Waals surface area contributed by atoms with Crippen LogP contribution in [0.15, 0.2) is 30.3 Å². The van der Waals surface area contributed by atoms with Crippen molar-refractivity contribution in [2.24, 2.45) is 10.8 Å². The Kier molecular flexibility index (Phi) is 3.66. The second-order valence-electron chi connectivity index (χ2n) is 7.90. The molecule has 0 saturated heterocycles. The molecule has 3 aliphatic rings. The number of fused-ring (bicyclic) bond motifs is 2. The van der Waals surface area contributed by atoms with Crippen LogP contribution >= 0.6 is 0 Å². The van der Waals surface area contributed by atoms with Gasteiger partial charge in [-0.15, -0.1) is 0 Å². The SMILES string of the molecule is COC(=O)C12CCC(C(=O)N[C@@H]3CC[C@@H]3c3ccccc3)(CC1)C2. The van der Waals surface area contributed by atoms with E-state index in [1.165, 1.54) is 12.7 Å². The molecule has 4 heteroatoms. The number of benzene rings is 1. The number of rotatable bonds is 4. The molecule has 3 fully saturated rings. The average Bonchev–Trinajstić information content (AvgIpc) is 3.17. The van der Waals surface area contributed by atoms with Gasteiger partial charge in [0.05, 0.1) is 17.9 Å². The minimum Gasteiger partial charge on any atom is -0.469 e. The van der Waals surface area contributed by atoms with Crippen molar-refractivity contribution in [2.75, 3.05) is 7.11 Å². The largest absolute Gasteiger partial charge is 0.469 e. The Bertz CT molecular complexity index is 646. The maximum Gasteiger partial charge on any atom is 0.311 e. The summed E-state index contributed by atoms with van der Waals surface area (Å²) < 4.78 is 5.00. The van der Waals surface area contributed by atoms with E-state index in [-0.39, 0.29) is 23.3 Å². The lowest BCUT2D eigenvalue weighted by Gasteiger charge is -2.39. The molecule has 0 radical (unpaired) electrons. The number of amides is 1. The van der Waals surface area contributed by atoms with Gasteiger partial charge in [0.2, 0.25) is 5.91 Å². The van der Waals surface area contributed by atoms with Gasteiger partial charge in [-0.1, -0.05) is 30.3 Å². The maximum absolute atomic E-state index is 13.0. The second-order valence-corrected chi connectivity index (χ2v) is 7.90. The van der Waals surface area contributed by atoms with Crippen LogP contribution in [0.1, 0.15) is 56.4 Å². The van der Waals surface area contributed by atoms with Crippen molar-refractivity contribution < 1.29 is 14.3 Å². The standard InChI is InChI=1S/C20H25NO3/c1-24-18(23)20-11-9-19(13-20,10-12-20)17(22)21-16-8-7-15(16)14-5-3-2-4-6-14/h2-6,15-16H,7-13H2,1H3,(H,21,22)/t15-,16-,19?,20?/m1/s1. The number of esters is 1. The number of carbonyl (C=O) groups is 2. The van der Waals surface area contributed by atoms with Crippen LogP contribution in [0.25, 0.3) is 0 Å². The fourth-order valence-electron chi connectivity index (χ4n) is 5.10. The number of hydrogen-bond acceptors (Lipinski definition) is 3. The van der Waals surface area contributed by atoms with Crippen LogP contribution in [-0.2, 0) is 14.3 Å². The van der Waals surface area contributed by atoms with Crippen molar-refractivity contribution in [3.63, 3.8) is 0 Å². The summed E-state index contributed by atoms with van der Waals surface area (Å²) >= 11 is 0. The molecule has 1 N–H and O–H groups in total. The molecule has 3 saturated carbocycles. The van der Waals surface area contributed by atoms with Crippen LogP contribution in [0.5, 0.6) is 0 Å². The minimum absolute atomic E-state index is 0.125. The van der Waals surface area contributed by atoms with Crippen LogP contribution in [0.4, 0.5) is 0 Å². The Hall–Kier alpha value is -1.84. The highest BCUT2D eigenvalue weighted by Crippen LogP contribution is 2.62. The first-order valence-electron chi connectivity index (χ1n) is 9.03. The maximum atomic E-state index is 13.0. The van der Waals surface area contributed by atoms with Crippen molar-refractivity contribution in [1.82, 2.24) is 5.32 Å². The van der Waals surface area contributed by atoms with Gasteiger partial charge in [0.1, 0.15) is 0 Å².